The molecule has 0 fully saturated rings. The lowest BCUT2D eigenvalue weighted by Gasteiger charge is -2.05. The number of aromatic nitrogens is 2. The Morgan fingerprint density at radius 1 is 1.31 bits per heavy atom. The van der Waals surface area contributed by atoms with Crippen LogP contribution in [0.15, 0.2) is 42.6 Å². The number of hydrogen-bond donors (Lipinski definition) is 0. The molecule has 2 rings (SSSR count). The molecule has 0 saturated carbocycles. The molecule has 0 radical (unpaired) electrons. The maximum atomic E-state index is 10.8. The lowest BCUT2D eigenvalue weighted by atomic mass is 10.1. The molecule has 0 aliphatic heterocycles. The summed E-state index contributed by atoms with van der Waals surface area (Å²) in [5, 5.41) is 3.93. The van der Waals surface area contributed by atoms with E-state index in [1.807, 2.05) is 36.4 Å². The highest BCUT2D eigenvalue weighted by Crippen LogP contribution is 2.07. The van der Waals surface area contributed by atoms with Crippen LogP contribution in [0.4, 0.5) is 0 Å². The Morgan fingerprint density at radius 3 is 2.75 bits per heavy atom. The predicted octanol–water partition coefficient (Wildman–Crippen LogP) is 1.45. The third-order valence-corrected chi connectivity index (χ3v) is 2.13. The molecule has 0 bridgehead atoms. The zero-order valence-corrected chi connectivity index (χ0v) is 8.96. The van der Waals surface area contributed by atoms with Crippen molar-refractivity contribution < 1.29 is 9.63 Å². The van der Waals surface area contributed by atoms with Crippen molar-refractivity contribution in [2.75, 3.05) is 0 Å². The van der Waals surface area contributed by atoms with Gasteiger partial charge in [0.15, 0.2) is 0 Å². The van der Waals surface area contributed by atoms with Gasteiger partial charge in [-0.25, -0.2) is 4.79 Å². The quantitative estimate of drug-likeness (QED) is 0.780. The van der Waals surface area contributed by atoms with Crippen LogP contribution in [0.25, 0.3) is 0 Å². The molecule has 0 spiro atoms. The minimum Gasteiger partial charge on any atom is -0.319 e. The smallest absolute Gasteiger partial charge is 0.319 e. The van der Waals surface area contributed by atoms with Gasteiger partial charge >= 0.3 is 5.97 Å². The molecule has 1 heterocycles. The van der Waals surface area contributed by atoms with Gasteiger partial charge in [0.2, 0.25) is 0 Å². The highest BCUT2D eigenvalue weighted by atomic mass is 16.7. The van der Waals surface area contributed by atoms with Gasteiger partial charge in [0.25, 0.3) is 0 Å². The van der Waals surface area contributed by atoms with Crippen molar-refractivity contribution in [1.82, 2.24) is 9.94 Å². The summed E-state index contributed by atoms with van der Waals surface area (Å²) in [7, 11) is 0. The molecular weight excluding hydrogens is 204 g/mol. The molecule has 0 aliphatic carbocycles. The average molecular weight is 216 g/mol. The van der Waals surface area contributed by atoms with Crippen molar-refractivity contribution in [2.45, 2.75) is 13.3 Å². The van der Waals surface area contributed by atoms with Crippen LogP contribution < -0.4 is 4.84 Å². The molecule has 2 aromatic rings. The summed E-state index contributed by atoms with van der Waals surface area (Å²) in [6.45, 7) is 1.36. The topological polar surface area (TPSA) is 44.1 Å². The van der Waals surface area contributed by atoms with Crippen LogP contribution in [0.1, 0.15) is 18.2 Å². The fraction of sp³-hybridized carbons (Fsp3) is 0.167. The first-order valence-electron chi connectivity index (χ1n) is 5.01. The van der Waals surface area contributed by atoms with Crippen molar-refractivity contribution >= 4 is 5.97 Å². The molecule has 0 N–H and O–H groups in total. The summed E-state index contributed by atoms with van der Waals surface area (Å²) >= 11 is 0. The maximum absolute atomic E-state index is 10.8. The van der Waals surface area contributed by atoms with E-state index in [1.165, 1.54) is 11.8 Å². The van der Waals surface area contributed by atoms with Gasteiger partial charge in [-0.15, -0.1) is 5.10 Å². The van der Waals surface area contributed by atoms with E-state index in [1.54, 1.807) is 6.20 Å². The van der Waals surface area contributed by atoms with E-state index >= 15 is 0 Å². The lowest BCUT2D eigenvalue weighted by Crippen LogP contribution is -2.20. The predicted molar refractivity (Wildman–Crippen MR) is 58.7 cm³/mol. The van der Waals surface area contributed by atoms with Crippen LogP contribution in [0.3, 0.4) is 0 Å². The zero-order valence-electron chi connectivity index (χ0n) is 8.96. The molecule has 1 aromatic heterocycles. The Morgan fingerprint density at radius 2 is 2.06 bits per heavy atom. The first-order chi connectivity index (χ1) is 7.75. The maximum Gasteiger partial charge on any atom is 0.331 e. The van der Waals surface area contributed by atoms with Crippen LogP contribution in [0.2, 0.25) is 0 Å². The van der Waals surface area contributed by atoms with Crippen LogP contribution >= 0.6 is 0 Å². The summed E-state index contributed by atoms with van der Waals surface area (Å²) in [6.07, 6.45) is 2.30. The van der Waals surface area contributed by atoms with E-state index in [0.29, 0.717) is 6.42 Å². The number of hydrogen-bond acceptors (Lipinski definition) is 3. The van der Waals surface area contributed by atoms with Crippen LogP contribution in [0.5, 0.6) is 0 Å². The largest absolute Gasteiger partial charge is 0.331 e. The van der Waals surface area contributed by atoms with Gasteiger partial charge in [-0.05, 0) is 11.6 Å². The van der Waals surface area contributed by atoms with Crippen LogP contribution in [0, 0.1) is 0 Å². The summed E-state index contributed by atoms with van der Waals surface area (Å²) in [5.74, 6) is -0.377. The molecule has 0 saturated heterocycles. The van der Waals surface area contributed by atoms with Gasteiger partial charge in [-0.2, -0.15) is 0 Å². The Balaban J connectivity index is 2.16. The van der Waals surface area contributed by atoms with Gasteiger partial charge < -0.3 is 4.84 Å². The number of carbonyl (C=O) groups excluding carboxylic acids is 1. The minimum absolute atomic E-state index is 0.377. The highest BCUT2D eigenvalue weighted by molar-refractivity contribution is 5.66. The Kier molecular flexibility index (Phi) is 3.00. The normalized spacial score (nSPS) is 10.1. The van der Waals surface area contributed by atoms with Crippen LogP contribution in [-0.4, -0.2) is 15.9 Å². The summed E-state index contributed by atoms with van der Waals surface area (Å²) < 4.78 is 0. The van der Waals surface area contributed by atoms with E-state index in [9.17, 15) is 4.79 Å². The molecule has 16 heavy (non-hydrogen) atoms. The van der Waals surface area contributed by atoms with Gasteiger partial charge in [0, 0.05) is 13.3 Å². The molecule has 82 valence electrons. The second-order valence-electron chi connectivity index (χ2n) is 3.44. The van der Waals surface area contributed by atoms with Crippen molar-refractivity contribution in [1.29, 1.82) is 0 Å². The van der Waals surface area contributed by atoms with Crippen LogP contribution in [-0.2, 0) is 11.2 Å². The Hall–Kier alpha value is -2.10. The first kappa shape index (κ1) is 10.4. The molecule has 1 aromatic carbocycles. The minimum atomic E-state index is -0.377. The zero-order chi connectivity index (χ0) is 11.4. The first-order valence-corrected chi connectivity index (χ1v) is 5.01. The molecular formula is C12H12N2O2. The van der Waals surface area contributed by atoms with E-state index < -0.39 is 0 Å². The molecule has 0 unspecified atom stereocenters. The summed E-state index contributed by atoms with van der Waals surface area (Å²) in [4.78, 5) is 17.0. The lowest BCUT2D eigenvalue weighted by molar-refractivity contribution is -0.143. The standard InChI is InChI=1S/C12H12N2O2/c1-10(15)16-14-12(7-8-13-14)9-11-5-3-2-4-6-11/h2-8H,9H2,1H3. The number of carbonyl (C=O) groups is 1. The SMILES string of the molecule is CC(=O)On1nccc1Cc1ccccc1. The summed E-state index contributed by atoms with van der Waals surface area (Å²) in [5.41, 5.74) is 2.00. The number of nitrogens with zero attached hydrogens (tertiary/aromatic N) is 2. The van der Waals surface area contributed by atoms with E-state index in [2.05, 4.69) is 5.10 Å². The molecule has 4 nitrogen and oxygen atoms in total. The van der Waals surface area contributed by atoms with Crippen molar-refractivity contribution in [2.24, 2.45) is 0 Å². The fourth-order valence-corrected chi connectivity index (χ4v) is 1.45. The number of benzene rings is 1. The van der Waals surface area contributed by atoms with E-state index in [-0.39, 0.29) is 5.97 Å². The second-order valence-corrected chi connectivity index (χ2v) is 3.44. The highest BCUT2D eigenvalue weighted by Gasteiger charge is 2.06. The molecule has 4 heteroatoms. The third-order valence-electron chi connectivity index (χ3n) is 2.13. The van der Waals surface area contributed by atoms with E-state index in [0.717, 1.165) is 11.3 Å². The summed E-state index contributed by atoms with van der Waals surface area (Å²) in [6, 6.07) is 11.8. The monoisotopic (exact) mass is 216 g/mol. The van der Waals surface area contributed by atoms with Gasteiger partial charge in [-0.1, -0.05) is 35.2 Å². The third kappa shape index (κ3) is 2.48. The molecule has 0 atom stereocenters. The van der Waals surface area contributed by atoms with Gasteiger partial charge in [-0.3, -0.25) is 0 Å². The van der Waals surface area contributed by atoms with Gasteiger partial charge in [0.05, 0.1) is 11.9 Å². The molecule has 0 aliphatic rings. The second kappa shape index (κ2) is 4.61. The van der Waals surface area contributed by atoms with Gasteiger partial charge in [0.1, 0.15) is 0 Å². The van der Waals surface area contributed by atoms with Crippen molar-refractivity contribution in [3.63, 3.8) is 0 Å². The average Bonchev–Trinajstić information content (AvgIpc) is 2.66. The Bertz CT molecular complexity index is 477. The molecule has 0 amide bonds. The Labute approximate surface area is 93.4 Å². The van der Waals surface area contributed by atoms with Crippen molar-refractivity contribution in [3.05, 3.63) is 53.9 Å². The fourth-order valence-electron chi connectivity index (χ4n) is 1.45. The number of rotatable bonds is 3. The van der Waals surface area contributed by atoms with E-state index in [4.69, 9.17) is 4.84 Å². The van der Waals surface area contributed by atoms with Crippen molar-refractivity contribution in [3.8, 4) is 0 Å².